The second-order valence-corrected chi connectivity index (χ2v) is 5.38. The molecule has 7 nitrogen and oxygen atoms in total. The molecule has 0 aliphatic heterocycles. The van der Waals surface area contributed by atoms with Gasteiger partial charge in [-0.15, -0.1) is 5.10 Å². The van der Waals surface area contributed by atoms with Crippen LogP contribution in [0.2, 0.25) is 0 Å². The number of carbonyl (C=O) groups is 2. The van der Waals surface area contributed by atoms with E-state index < -0.39 is 17.9 Å². The van der Waals surface area contributed by atoms with Crippen molar-refractivity contribution >= 4 is 11.9 Å². The molecule has 8 heteroatoms. The van der Waals surface area contributed by atoms with Crippen LogP contribution < -0.4 is 5.32 Å². The number of carbonyl (C=O) groups excluding carboxylic acids is 1. The zero-order chi connectivity index (χ0) is 17.7. The SMILES string of the molecule is CCCC[C@H](NC(=O)c1nc(C)n(-c2ccc(F)cc2)n1)C(=O)O. The van der Waals surface area contributed by atoms with E-state index in [9.17, 15) is 14.0 Å². The van der Waals surface area contributed by atoms with Crippen molar-refractivity contribution in [3.8, 4) is 5.69 Å². The molecule has 128 valence electrons. The van der Waals surface area contributed by atoms with Crippen molar-refractivity contribution in [1.29, 1.82) is 0 Å². The normalized spacial score (nSPS) is 12.0. The second kappa shape index (κ2) is 7.67. The summed E-state index contributed by atoms with van der Waals surface area (Å²) in [4.78, 5) is 27.5. The minimum Gasteiger partial charge on any atom is -0.480 e. The van der Waals surface area contributed by atoms with Crippen LogP contribution >= 0.6 is 0 Å². The lowest BCUT2D eigenvalue weighted by molar-refractivity contribution is -0.139. The Labute approximate surface area is 138 Å². The predicted octanol–water partition coefficient (Wildman–Crippen LogP) is 2.09. The Morgan fingerprint density at radius 3 is 2.58 bits per heavy atom. The summed E-state index contributed by atoms with van der Waals surface area (Å²) in [5.41, 5.74) is 0.557. The summed E-state index contributed by atoms with van der Waals surface area (Å²) in [5.74, 6) is -1.81. The van der Waals surface area contributed by atoms with E-state index >= 15 is 0 Å². The van der Waals surface area contributed by atoms with Gasteiger partial charge >= 0.3 is 5.97 Å². The number of halogens is 1. The molecule has 2 N–H and O–H groups in total. The van der Waals surface area contributed by atoms with Gasteiger partial charge in [-0.2, -0.15) is 0 Å². The number of benzene rings is 1. The van der Waals surface area contributed by atoms with E-state index in [0.29, 0.717) is 24.4 Å². The van der Waals surface area contributed by atoms with Crippen LogP contribution in [0.3, 0.4) is 0 Å². The number of carboxylic acids is 1. The van der Waals surface area contributed by atoms with Gasteiger partial charge in [-0.1, -0.05) is 19.8 Å². The first-order valence-corrected chi connectivity index (χ1v) is 7.65. The average molecular weight is 334 g/mol. The van der Waals surface area contributed by atoms with Gasteiger partial charge in [0.1, 0.15) is 17.7 Å². The molecule has 1 heterocycles. The van der Waals surface area contributed by atoms with Gasteiger partial charge in [0, 0.05) is 0 Å². The highest BCUT2D eigenvalue weighted by Gasteiger charge is 2.23. The summed E-state index contributed by atoms with van der Waals surface area (Å²) < 4.78 is 14.4. The van der Waals surface area contributed by atoms with Crippen LogP contribution in [0.25, 0.3) is 5.69 Å². The lowest BCUT2D eigenvalue weighted by Crippen LogP contribution is -2.41. The number of aliphatic carboxylic acids is 1. The topological polar surface area (TPSA) is 97.1 Å². The van der Waals surface area contributed by atoms with Gasteiger partial charge in [-0.25, -0.2) is 18.9 Å². The Morgan fingerprint density at radius 2 is 2.00 bits per heavy atom. The summed E-state index contributed by atoms with van der Waals surface area (Å²) in [5, 5.41) is 15.7. The maximum atomic E-state index is 13.0. The van der Waals surface area contributed by atoms with Crippen LogP contribution in [0, 0.1) is 12.7 Å². The number of rotatable bonds is 7. The molecule has 0 aliphatic carbocycles. The fraction of sp³-hybridized carbons (Fsp3) is 0.375. The number of nitrogens with one attached hydrogen (secondary N) is 1. The van der Waals surface area contributed by atoms with Gasteiger partial charge in [0.05, 0.1) is 5.69 Å². The third-order valence-corrected chi connectivity index (χ3v) is 3.49. The summed E-state index contributed by atoms with van der Waals surface area (Å²) in [6, 6.07) is 4.61. The van der Waals surface area contributed by atoms with E-state index in [-0.39, 0.29) is 11.6 Å². The zero-order valence-corrected chi connectivity index (χ0v) is 13.5. The molecule has 1 amide bonds. The number of hydrogen-bond acceptors (Lipinski definition) is 4. The van der Waals surface area contributed by atoms with E-state index in [1.807, 2.05) is 6.92 Å². The van der Waals surface area contributed by atoms with Gasteiger partial charge in [0.2, 0.25) is 5.82 Å². The third kappa shape index (κ3) is 4.15. The molecule has 2 aromatic rings. The molecule has 1 aromatic carbocycles. The largest absolute Gasteiger partial charge is 0.480 e. The first kappa shape index (κ1) is 17.6. The van der Waals surface area contributed by atoms with Crippen molar-refractivity contribution in [3.63, 3.8) is 0 Å². The van der Waals surface area contributed by atoms with Gasteiger partial charge in [-0.05, 0) is 37.6 Å². The maximum absolute atomic E-state index is 13.0. The number of amides is 1. The smallest absolute Gasteiger partial charge is 0.326 e. The maximum Gasteiger partial charge on any atom is 0.326 e. The van der Waals surface area contributed by atoms with Crippen LogP contribution in [-0.2, 0) is 4.79 Å². The van der Waals surface area contributed by atoms with Crippen LogP contribution in [0.15, 0.2) is 24.3 Å². The minimum atomic E-state index is -1.09. The van der Waals surface area contributed by atoms with E-state index in [1.54, 1.807) is 6.92 Å². The van der Waals surface area contributed by atoms with Crippen LogP contribution in [0.4, 0.5) is 4.39 Å². The molecule has 1 atom stereocenters. The standard InChI is InChI=1S/C16H19FN4O3/c1-3-4-5-13(16(23)24)19-15(22)14-18-10(2)21(20-14)12-8-6-11(17)7-9-12/h6-9,13H,3-5H2,1-2H3,(H,19,22)(H,23,24)/t13-/m0/s1. The molecule has 0 saturated carbocycles. The van der Waals surface area contributed by atoms with Crippen molar-refractivity contribution in [2.24, 2.45) is 0 Å². The fourth-order valence-electron chi connectivity index (χ4n) is 2.20. The highest BCUT2D eigenvalue weighted by atomic mass is 19.1. The quantitative estimate of drug-likeness (QED) is 0.808. The van der Waals surface area contributed by atoms with Crippen LogP contribution in [0.5, 0.6) is 0 Å². The first-order valence-electron chi connectivity index (χ1n) is 7.65. The Balaban J connectivity index is 2.17. The predicted molar refractivity (Wildman–Crippen MR) is 84.5 cm³/mol. The van der Waals surface area contributed by atoms with Crippen molar-refractivity contribution in [2.75, 3.05) is 0 Å². The Kier molecular flexibility index (Phi) is 5.62. The molecule has 2 rings (SSSR count). The molecule has 1 aromatic heterocycles. The van der Waals surface area contributed by atoms with Gasteiger partial charge in [0.25, 0.3) is 5.91 Å². The lowest BCUT2D eigenvalue weighted by atomic mass is 10.1. The van der Waals surface area contributed by atoms with Crippen molar-refractivity contribution in [2.45, 2.75) is 39.2 Å². The molecule has 0 fully saturated rings. The first-order chi connectivity index (χ1) is 11.4. The van der Waals surface area contributed by atoms with Crippen molar-refractivity contribution in [1.82, 2.24) is 20.1 Å². The van der Waals surface area contributed by atoms with E-state index in [4.69, 9.17) is 5.11 Å². The van der Waals surface area contributed by atoms with Crippen molar-refractivity contribution in [3.05, 3.63) is 41.7 Å². The number of nitrogens with zero attached hydrogens (tertiary/aromatic N) is 3. The number of unbranched alkanes of at least 4 members (excludes halogenated alkanes) is 1. The molecule has 0 aliphatic rings. The Bertz CT molecular complexity index is 727. The minimum absolute atomic E-state index is 0.125. The molecule has 0 spiro atoms. The summed E-state index contributed by atoms with van der Waals surface area (Å²) in [6.45, 7) is 3.59. The molecule has 0 unspecified atom stereocenters. The molecular weight excluding hydrogens is 315 g/mol. The second-order valence-electron chi connectivity index (χ2n) is 5.38. The summed E-state index contributed by atoms with van der Waals surface area (Å²) in [7, 11) is 0. The molecule has 0 saturated heterocycles. The number of hydrogen-bond donors (Lipinski definition) is 2. The lowest BCUT2D eigenvalue weighted by Gasteiger charge is -2.12. The number of carboxylic acid groups (broad SMARTS) is 1. The Morgan fingerprint density at radius 1 is 1.33 bits per heavy atom. The summed E-state index contributed by atoms with van der Waals surface area (Å²) >= 11 is 0. The number of aryl methyl sites for hydroxylation is 1. The Hall–Kier alpha value is -2.77. The third-order valence-electron chi connectivity index (χ3n) is 3.49. The van der Waals surface area contributed by atoms with E-state index in [1.165, 1.54) is 28.9 Å². The molecule has 0 radical (unpaired) electrons. The fourth-order valence-corrected chi connectivity index (χ4v) is 2.20. The van der Waals surface area contributed by atoms with Gasteiger partial charge in [0.15, 0.2) is 0 Å². The molecule has 24 heavy (non-hydrogen) atoms. The van der Waals surface area contributed by atoms with Gasteiger partial charge in [-0.3, -0.25) is 4.79 Å². The molecule has 0 bridgehead atoms. The average Bonchev–Trinajstić information content (AvgIpc) is 2.93. The molecular formula is C16H19FN4O3. The van der Waals surface area contributed by atoms with Crippen LogP contribution in [-0.4, -0.2) is 37.8 Å². The van der Waals surface area contributed by atoms with Gasteiger partial charge < -0.3 is 10.4 Å². The van der Waals surface area contributed by atoms with E-state index in [0.717, 1.165) is 6.42 Å². The summed E-state index contributed by atoms with van der Waals surface area (Å²) in [6.07, 6.45) is 1.86. The van der Waals surface area contributed by atoms with Crippen molar-refractivity contribution < 1.29 is 19.1 Å². The highest BCUT2D eigenvalue weighted by molar-refractivity contribution is 5.93. The van der Waals surface area contributed by atoms with Crippen LogP contribution in [0.1, 0.15) is 42.6 Å². The van der Waals surface area contributed by atoms with E-state index in [2.05, 4.69) is 15.4 Å². The highest BCUT2D eigenvalue weighted by Crippen LogP contribution is 2.11. The monoisotopic (exact) mass is 334 g/mol. The number of aromatic nitrogens is 3. The zero-order valence-electron chi connectivity index (χ0n) is 13.5.